The number of aromatic hydroxyl groups is 1. The van der Waals surface area contributed by atoms with Crippen LogP contribution in [-0.2, 0) is 17.6 Å². The molecule has 1 saturated carbocycles. The number of amides is 1. The number of aryl methyl sites for hydroxylation is 1. The van der Waals surface area contributed by atoms with Crippen LogP contribution in [0.2, 0.25) is 0 Å². The molecule has 138 valence electrons. The van der Waals surface area contributed by atoms with Gasteiger partial charge in [0.25, 0.3) is 5.91 Å². The molecule has 25 heavy (non-hydrogen) atoms. The van der Waals surface area contributed by atoms with E-state index in [2.05, 4.69) is 26.1 Å². The molecule has 1 aromatic rings. The Labute approximate surface area is 150 Å². The summed E-state index contributed by atoms with van der Waals surface area (Å²) in [5.74, 6) is 0.738. The van der Waals surface area contributed by atoms with E-state index in [1.807, 2.05) is 6.07 Å². The number of phenols is 1. The second kappa shape index (κ2) is 6.99. The number of carbonyl (C=O) groups excluding carboxylic acids is 1. The van der Waals surface area contributed by atoms with Crippen LogP contribution < -0.4 is 5.32 Å². The molecule has 0 aliphatic heterocycles. The zero-order chi connectivity index (χ0) is 18.2. The first kappa shape index (κ1) is 18.2. The van der Waals surface area contributed by atoms with Crippen LogP contribution >= 0.6 is 0 Å². The van der Waals surface area contributed by atoms with Gasteiger partial charge in [0.1, 0.15) is 11.4 Å². The van der Waals surface area contributed by atoms with Crippen LogP contribution in [0, 0.1) is 17.8 Å². The predicted octanol–water partition coefficient (Wildman–Crippen LogP) is 3.19. The van der Waals surface area contributed by atoms with Gasteiger partial charge in [-0.05, 0) is 73.1 Å². The fourth-order valence-electron chi connectivity index (χ4n) is 4.81. The van der Waals surface area contributed by atoms with Crippen molar-refractivity contribution in [2.75, 3.05) is 0 Å². The highest BCUT2D eigenvalue weighted by molar-refractivity contribution is 5.85. The Kier molecular flexibility index (Phi) is 5.10. The van der Waals surface area contributed by atoms with Gasteiger partial charge in [-0.15, -0.1) is 0 Å². The van der Waals surface area contributed by atoms with Gasteiger partial charge in [-0.1, -0.05) is 33.3 Å². The normalized spacial score (nSPS) is 32.3. The van der Waals surface area contributed by atoms with Crippen LogP contribution in [0.25, 0.3) is 0 Å². The zero-order valence-corrected chi connectivity index (χ0v) is 15.6. The number of hydrogen-bond donors (Lipinski definition) is 3. The van der Waals surface area contributed by atoms with Gasteiger partial charge < -0.3 is 15.5 Å². The number of benzene rings is 1. The van der Waals surface area contributed by atoms with E-state index in [-0.39, 0.29) is 29.5 Å². The summed E-state index contributed by atoms with van der Waals surface area (Å²) in [6.07, 6.45) is 5.02. The van der Waals surface area contributed by atoms with E-state index in [0.29, 0.717) is 18.8 Å². The van der Waals surface area contributed by atoms with Gasteiger partial charge >= 0.3 is 0 Å². The predicted molar refractivity (Wildman–Crippen MR) is 98.4 cm³/mol. The van der Waals surface area contributed by atoms with Crippen molar-refractivity contribution in [3.8, 4) is 5.75 Å². The summed E-state index contributed by atoms with van der Waals surface area (Å²) in [4.78, 5) is 13.0. The maximum absolute atomic E-state index is 13.0. The molecule has 0 heterocycles. The average Bonchev–Trinajstić information content (AvgIpc) is 2.53. The molecule has 3 rings (SSSR count). The van der Waals surface area contributed by atoms with Gasteiger partial charge in [0.15, 0.2) is 0 Å². The molecule has 0 bridgehead atoms. The molecule has 0 radical (unpaired) electrons. The van der Waals surface area contributed by atoms with Crippen molar-refractivity contribution in [1.29, 1.82) is 0 Å². The number of fused-ring (bicyclic) bond motifs is 1. The van der Waals surface area contributed by atoms with Crippen molar-refractivity contribution in [2.45, 2.75) is 70.9 Å². The quantitative estimate of drug-likeness (QED) is 0.788. The first-order chi connectivity index (χ1) is 11.8. The molecular weight excluding hydrogens is 314 g/mol. The number of phenolic OH excluding ortho intramolecular Hbond substituents is 1. The van der Waals surface area contributed by atoms with E-state index in [9.17, 15) is 15.0 Å². The lowest BCUT2D eigenvalue weighted by Crippen LogP contribution is -2.58. The van der Waals surface area contributed by atoms with Crippen molar-refractivity contribution in [2.24, 2.45) is 17.8 Å². The van der Waals surface area contributed by atoms with Crippen molar-refractivity contribution >= 4 is 5.91 Å². The van der Waals surface area contributed by atoms with Crippen LogP contribution in [-0.4, -0.2) is 27.8 Å². The molecule has 1 amide bonds. The molecule has 2 aliphatic carbocycles. The topological polar surface area (TPSA) is 69.6 Å². The second-order valence-corrected chi connectivity index (χ2v) is 8.53. The summed E-state index contributed by atoms with van der Waals surface area (Å²) in [5.41, 5.74) is 1.08. The number of carbonyl (C=O) groups is 1. The Morgan fingerprint density at radius 3 is 2.72 bits per heavy atom. The smallest absolute Gasteiger partial charge is 0.252 e. The van der Waals surface area contributed by atoms with E-state index < -0.39 is 5.60 Å². The minimum atomic E-state index is -1.26. The van der Waals surface area contributed by atoms with Crippen molar-refractivity contribution in [3.05, 3.63) is 29.3 Å². The van der Waals surface area contributed by atoms with E-state index in [1.54, 1.807) is 12.1 Å². The summed E-state index contributed by atoms with van der Waals surface area (Å²) in [6.45, 7) is 6.31. The minimum absolute atomic E-state index is 0.0172. The molecule has 4 atom stereocenters. The Morgan fingerprint density at radius 2 is 2.00 bits per heavy atom. The van der Waals surface area contributed by atoms with E-state index >= 15 is 0 Å². The first-order valence-electron chi connectivity index (χ1n) is 9.63. The van der Waals surface area contributed by atoms with Crippen LogP contribution in [0.1, 0.15) is 57.6 Å². The lowest BCUT2D eigenvalue weighted by atomic mass is 9.66. The molecular formula is C21H31NO3. The Morgan fingerprint density at radius 1 is 1.24 bits per heavy atom. The monoisotopic (exact) mass is 345 g/mol. The minimum Gasteiger partial charge on any atom is -0.508 e. The third-order valence-corrected chi connectivity index (χ3v) is 6.19. The van der Waals surface area contributed by atoms with Crippen molar-refractivity contribution in [3.63, 3.8) is 0 Å². The van der Waals surface area contributed by atoms with E-state index in [4.69, 9.17) is 0 Å². The molecule has 0 unspecified atom stereocenters. The number of rotatable bonds is 3. The lowest BCUT2D eigenvalue weighted by molar-refractivity contribution is -0.156. The third-order valence-electron chi connectivity index (χ3n) is 6.19. The highest BCUT2D eigenvalue weighted by Gasteiger charge is 2.48. The van der Waals surface area contributed by atoms with Crippen molar-refractivity contribution < 1.29 is 15.0 Å². The van der Waals surface area contributed by atoms with Gasteiger partial charge in [0.05, 0.1) is 0 Å². The summed E-state index contributed by atoms with van der Waals surface area (Å²) >= 11 is 0. The summed E-state index contributed by atoms with van der Waals surface area (Å²) in [5, 5.41) is 24.1. The number of nitrogens with one attached hydrogen (secondary N) is 1. The largest absolute Gasteiger partial charge is 0.508 e. The number of aliphatic hydroxyl groups is 1. The third kappa shape index (κ3) is 3.69. The van der Waals surface area contributed by atoms with Crippen molar-refractivity contribution in [1.82, 2.24) is 5.32 Å². The molecule has 0 aromatic heterocycles. The zero-order valence-electron chi connectivity index (χ0n) is 15.6. The van der Waals surface area contributed by atoms with Gasteiger partial charge in [-0.3, -0.25) is 4.79 Å². The highest BCUT2D eigenvalue weighted by Crippen LogP contribution is 2.41. The second-order valence-electron chi connectivity index (χ2n) is 8.53. The van der Waals surface area contributed by atoms with Crippen LogP contribution in [0.5, 0.6) is 5.75 Å². The first-order valence-corrected chi connectivity index (χ1v) is 9.63. The lowest BCUT2D eigenvalue weighted by Gasteiger charge is -2.44. The Balaban J connectivity index is 1.72. The van der Waals surface area contributed by atoms with Crippen LogP contribution in [0.3, 0.4) is 0 Å². The molecule has 2 aliphatic rings. The van der Waals surface area contributed by atoms with E-state index in [0.717, 1.165) is 31.2 Å². The average molecular weight is 345 g/mol. The Hall–Kier alpha value is -1.55. The van der Waals surface area contributed by atoms with Crippen LogP contribution in [0.15, 0.2) is 18.2 Å². The fourth-order valence-corrected chi connectivity index (χ4v) is 4.81. The molecule has 0 spiro atoms. The summed E-state index contributed by atoms with van der Waals surface area (Å²) < 4.78 is 0. The molecule has 4 heteroatoms. The molecule has 4 nitrogen and oxygen atoms in total. The number of hydrogen-bond acceptors (Lipinski definition) is 3. The van der Waals surface area contributed by atoms with Crippen LogP contribution in [0.4, 0.5) is 0 Å². The van der Waals surface area contributed by atoms with E-state index in [1.165, 1.54) is 5.56 Å². The summed E-state index contributed by atoms with van der Waals surface area (Å²) in [6, 6.07) is 5.50. The standard InChI is InChI=1S/C21H31NO3/c1-13(2)19-9-4-14(3)12-21(19,25)20(24)22-17-7-5-15-6-8-18(23)11-16(15)10-17/h6,8,11,13-14,17,19,23,25H,4-5,7,9-10,12H2,1-3H3,(H,22,24)/t14-,17-,19+,21+/m1/s1. The Bertz CT molecular complexity index is 642. The molecule has 0 saturated heterocycles. The maximum atomic E-state index is 13.0. The van der Waals surface area contributed by atoms with Gasteiger partial charge in [0.2, 0.25) is 0 Å². The molecule has 1 aromatic carbocycles. The maximum Gasteiger partial charge on any atom is 0.252 e. The van der Waals surface area contributed by atoms with Gasteiger partial charge in [0, 0.05) is 6.04 Å². The highest BCUT2D eigenvalue weighted by atomic mass is 16.3. The molecule has 3 N–H and O–H groups in total. The van der Waals surface area contributed by atoms with Gasteiger partial charge in [-0.25, -0.2) is 0 Å². The van der Waals surface area contributed by atoms with Gasteiger partial charge in [-0.2, -0.15) is 0 Å². The SMILES string of the molecule is CC(C)[C@@H]1CC[C@@H](C)C[C@@]1(O)C(=O)N[C@@H]1CCc2ccc(O)cc2C1. The fraction of sp³-hybridized carbons (Fsp3) is 0.667. The molecule has 1 fully saturated rings. The summed E-state index contributed by atoms with van der Waals surface area (Å²) in [7, 11) is 0.